The number of hydrogen-bond acceptors (Lipinski definition) is 6. The minimum absolute atomic E-state index is 0.0342. The van der Waals surface area contributed by atoms with Gasteiger partial charge in [-0.2, -0.15) is 0 Å². The molecular formula is C25H36N4O6. The molecule has 1 heterocycles. The molecule has 0 fully saturated rings. The summed E-state index contributed by atoms with van der Waals surface area (Å²) in [6.07, 6.45) is 3.74. The standard InChI is InChI=1S/C25H36N4O6/c1-5-6-7-22-26-14-21(24(31)27-19(12-16(2)3)13-23(30)28-34)29(22)15-18-8-10-20(11-9-18)35-17(4)25(32)33/h8-11,14,16-17,19,34H,5-7,12-13,15H2,1-4H3,(H,27,31)(H,28,30)(H,32,33)/t17?,19-/m0/s1. The maximum absolute atomic E-state index is 13.2. The minimum atomic E-state index is -1.05. The second-order valence-electron chi connectivity index (χ2n) is 9.03. The van der Waals surface area contributed by atoms with Crippen LogP contribution in [0.15, 0.2) is 30.5 Å². The number of nitrogens with one attached hydrogen (secondary N) is 2. The van der Waals surface area contributed by atoms with Gasteiger partial charge in [0.25, 0.3) is 5.91 Å². The number of rotatable bonds is 14. The average Bonchev–Trinajstić information content (AvgIpc) is 3.20. The fourth-order valence-electron chi connectivity index (χ4n) is 3.71. The number of aliphatic carboxylic acids is 1. The van der Waals surface area contributed by atoms with Gasteiger partial charge in [-0.3, -0.25) is 14.8 Å². The number of hydroxylamine groups is 1. The zero-order valence-electron chi connectivity index (χ0n) is 20.8. The van der Waals surface area contributed by atoms with E-state index in [4.69, 9.17) is 15.1 Å². The van der Waals surface area contributed by atoms with Crippen LogP contribution in [0.4, 0.5) is 0 Å². The van der Waals surface area contributed by atoms with Crippen LogP contribution in [-0.2, 0) is 22.6 Å². The lowest BCUT2D eigenvalue weighted by Crippen LogP contribution is -2.40. The molecule has 0 aliphatic carbocycles. The Morgan fingerprint density at radius 1 is 1.14 bits per heavy atom. The molecule has 2 atom stereocenters. The number of unbranched alkanes of at least 4 members (excludes halogenated alkanes) is 1. The number of aromatic nitrogens is 2. The summed E-state index contributed by atoms with van der Waals surface area (Å²) in [5.41, 5.74) is 2.90. The molecule has 2 aromatic rings. The highest BCUT2D eigenvalue weighted by Crippen LogP contribution is 2.18. The summed E-state index contributed by atoms with van der Waals surface area (Å²) in [4.78, 5) is 40.4. The van der Waals surface area contributed by atoms with E-state index in [0.29, 0.717) is 30.8 Å². The van der Waals surface area contributed by atoms with Crippen LogP contribution in [0.2, 0.25) is 0 Å². The van der Waals surface area contributed by atoms with Gasteiger partial charge in [-0.15, -0.1) is 0 Å². The van der Waals surface area contributed by atoms with E-state index in [1.54, 1.807) is 23.8 Å². The predicted octanol–water partition coefficient (Wildman–Crippen LogP) is 3.17. The Hall–Kier alpha value is -3.40. The van der Waals surface area contributed by atoms with Crippen LogP contribution < -0.4 is 15.5 Å². The Labute approximate surface area is 205 Å². The Kier molecular flexibility index (Phi) is 10.7. The third-order valence-corrected chi connectivity index (χ3v) is 5.50. The molecule has 1 aromatic carbocycles. The molecule has 2 rings (SSSR count). The number of carboxylic acid groups (broad SMARTS) is 1. The van der Waals surface area contributed by atoms with Gasteiger partial charge >= 0.3 is 5.97 Å². The topological polar surface area (TPSA) is 143 Å². The molecule has 192 valence electrons. The van der Waals surface area contributed by atoms with Gasteiger partial charge in [0.15, 0.2) is 6.10 Å². The first-order chi connectivity index (χ1) is 16.6. The summed E-state index contributed by atoms with van der Waals surface area (Å²) < 4.78 is 7.25. The predicted molar refractivity (Wildman–Crippen MR) is 129 cm³/mol. The molecule has 4 N–H and O–H groups in total. The van der Waals surface area contributed by atoms with Gasteiger partial charge in [-0.1, -0.05) is 39.3 Å². The number of nitrogens with zero attached hydrogens (tertiary/aromatic N) is 2. The number of imidazole rings is 1. The first kappa shape index (κ1) is 27.8. The zero-order valence-corrected chi connectivity index (χ0v) is 20.8. The molecule has 0 aliphatic heterocycles. The number of benzene rings is 1. The summed E-state index contributed by atoms with van der Waals surface area (Å²) >= 11 is 0. The SMILES string of the molecule is CCCCc1ncc(C(=O)N[C@H](CC(=O)NO)CC(C)C)n1Cc1ccc(OC(C)C(=O)O)cc1. The van der Waals surface area contributed by atoms with Gasteiger partial charge in [-0.25, -0.2) is 15.3 Å². The van der Waals surface area contributed by atoms with Crippen molar-refractivity contribution in [1.82, 2.24) is 20.3 Å². The number of hydrogen-bond donors (Lipinski definition) is 4. The minimum Gasteiger partial charge on any atom is -0.479 e. The lowest BCUT2D eigenvalue weighted by Gasteiger charge is -2.20. The Morgan fingerprint density at radius 2 is 1.83 bits per heavy atom. The van der Waals surface area contributed by atoms with Gasteiger partial charge in [0, 0.05) is 25.4 Å². The highest BCUT2D eigenvalue weighted by Gasteiger charge is 2.22. The molecule has 0 saturated heterocycles. The second kappa shape index (κ2) is 13.5. The van der Waals surface area contributed by atoms with E-state index in [1.807, 2.05) is 30.5 Å². The van der Waals surface area contributed by atoms with Crippen molar-refractivity contribution in [3.8, 4) is 5.75 Å². The molecule has 0 saturated carbocycles. The van der Waals surface area contributed by atoms with Crippen molar-refractivity contribution in [2.24, 2.45) is 5.92 Å². The summed E-state index contributed by atoms with van der Waals surface area (Å²) in [6, 6.07) is 6.60. The summed E-state index contributed by atoms with van der Waals surface area (Å²) in [7, 11) is 0. The number of ether oxygens (including phenoxy) is 1. The van der Waals surface area contributed by atoms with Crippen molar-refractivity contribution >= 4 is 17.8 Å². The lowest BCUT2D eigenvalue weighted by molar-refractivity contribution is -0.144. The summed E-state index contributed by atoms with van der Waals surface area (Å²) in [5, 5.41) is 20.8. The van der Waals surface area contributed by atoms with Crippen molar-refractivity contribution < 1.29 is 29.4 Å². The van der Waals surface area contributed by atoms with Crippen molar-refractivity contribution in [2.45, 2.75) is 78.5 Å². The molecule has 10 heteroatoms. The third-order valence-electron chi connectivity index (χ3n) is 5.50. The zero-order chi connectivity index (χ0) is 26.0. The number of carbonyl (C=O) groups excluding carboxylic acids is 2. The molecule has 2 amide bonds. The maximum atomic E-state index is 13.2. The van der Waals surface area contributed by atoms with Crippen LogP contribution in [0.1, 0.15) is 75.3 Å². The van der Waals surface area contributed by atoms with Crippen LogP contribution in [0.5, 0.6) is 5.75 Å². The first-order valence-corrected chi connectivity index (χ1v) is 11.9. The molecule has 0 bridgehead atoms. The van der Waals surface area contributed by atoms with Crippen molar-refractivity contribution in [2.75, 3.05) is 0 Å². The van der Waals surface area contributed by atoms with Gasteiger partial charge < -0.3 is 19.7 Å². The van der Waals surface area contributed by atoms with Crippen molar-refractivity contribution in [3.05, 3.63) is 47.5 Å². The maximum Gasteiger partial charge on any atom is 0.344 e. The Bertz CT molecular complexity index is 986. The molecule has 0 aliphatic rings. The van der Waals surface area contributed by atoms with E-state index >= 15 is 0 Å². The van der Waals surface area contributed by atoms with Crippen molar-refractivity contribution in [1.29, 1.82) is 0 Å². The molecule has 0 radical (unpaired) electrons. The van der Waals surface area contributed by atoms with E-state index in [0.717, 1.165) is 24.2 Å². The Morgan fingerprint density at radius 3 is 2.40 bits per heavy atom. The number of carbonyl (C=O) groups is 3. The first-order valence-electron chi connectivity index (χ1n) is 11.9. The molecule has 35 heavy (non-hydrogen) atoms. The van der Waals surface area contributed by atoms with E-state index in [-0.39, 0.29) is 18.2 Å². The van der Waals surface area contributed by atoms with Gasteiger partial charge in [0.05, 0.1) is 6.20 Å². The molecular weight excluding hydrogens is 452 g/mol. The highest BCUT2D eigenvalue weighted by molar-refractivity contribution is 5.93. The molecule has 10 nitrogen and oxygen atoms in total. The van der Waals surface area contributed by atoms with Crippen LogP contribution in [0.25, 0.3) is 0 Å². The fraction of sp³-hybridized carbons (Fsp3) is 0.520. The normalized spacial score (nSPS) is 12.7. The molecule has 0 spiro atoms. The highest BCUT2D eigenvalue weighted by atomic mass is 16.5. The quantitative estimate of drug-likeness (QED) is 0.236. The number of carboxylic acids is 1. The second-order valence-corrected chi connectivity index (χ2v) is 9.03. The number of amides is 2. The van der Waals surface area contributed by atoms with Crippen LogP contribution in [0, 0.1) is 5.92 Å². The monoisotopic (exact) mass is 488 g/mol. The van der Waals surface area contributed by atoms with Gasteiger partial charge in [0.2, 0.25) is 5.91 Å². The third kappa shape index (κ3) is 8.71. The molecule has 1 aromatic heterocycles. The van der Waals surface area contributed by atoms with E-state index < -0.39 is 24.0 Å². The smallest absolute Gasteiger partial charge is 0.344 e. The molecule has 1 unspecified atom stereocenters. The number of aryl methyl sites for hydroxylation is 1. The van der Waals surface area contributed by atoms with Crippen LogP contribution in [-0.4, -0.2) is 49.8 Å². The fourth-order valence-corrected chi connectivity index (χ4v) is 3.71. The Balaban J connectivity index is 2.25. The van der Waals surface area contributed by atoms with E-state index in [1.165, 1.54) is 6.92 Å². The van der Waals surface area contributed by atoms with Crippen LogP contribution >= 0.6 is 0 Å². The van der Waals surface area contributed by atoms with Gasteiger partial charge in [0.1, 0.15) is 17.3 Å². The van der Waals surface area contributed by atoms with Crippen molar-refractivity contribution in [3.63, 3.8) is 0 Å². The average molecular weight is 489 g/mol. The van der Waals surface area contributed by atoms with Gasteiger partial charge in [-0.05, 0) is 43.4 Å². The van der Waals surface area contributed by atoms with E-state index in [9.17, 15) is 14.4 Å². The summed E-state index contributed by atoms with van der Waals surface area (Å²) in [6.45, 7) is 7.92. The van der Waals surface area contributed by atoms with Crippen LogP contribution in [0.3, 0.4) is 0 Å². The largest absolute Gasteiger partial charge is 0.479 e. The lowest BCUT2D eigenvalue weighted by atomic mass is 10.0. The summed E-state index contributed by atoms with van der Waals surface area (Å²) in [5.74, 6) is -0.487. The van der Waals surface area contributed by atoms with E-state index in [2.05, 4.69) is 17.2 Å².